The minimum Gasteiger partial charge on any atom is -0.321 e. The molecule has 0 aliphatic rings. The van der Waals surface area contributed by atoms with Crippen molar-refractivity contribution < 1.29 is 4.79 Å². The third-order valence-electron chi connectivity index (χ3n) is 5.08. The Hall–Kier alpha value is -4.50. The summed E-state index contributed by atoms with van der Waals surface area (Å²) in [7, 11) is 0. The lowest BCUT2D eigenvalue weighted by Gasteiger charge is -2.10. The van der Waals surface area contributed by atoms with E-state index >= 15 is 0 Å². The molecule has 32 heavy (non-hydrogen) atoms. The third-order valence-corrected chi connectivity index (χ3v) is 5.08. The maximum absolute atomic E-state index is 12.9. The summed E-state index contributed by atoms with van der Waals surface area (Å²) < 4.78 is 1.73. The molecular weight excluding hydrogens is 398 g/mol. The molecular formula is C26H21N5O. The zero-order chi connectivity index (χ0) is 22.5. The molecule has 1 N–H and O–H groups in total. The number of aryl methyl sites for hydroxylation is 2. The first-order valence-corrected chi connectivity index (χ1v) is 10.1. The van der Waals surface area contributed by atoms with Gasteiger partial charge in [0.1, 0.15) is 17.3 Å². The van der Waals surface area contributed by atoms with E-state index in [-0.39, 0.29) is 5.57 Å². The van der Waals surface area contributed by atoms with Gasteiger partial charge in [-0.15, -0.1) is 0 Å². The van der Waals surface area contributed by atoms with Gasteiger partial charge in [0.2, 0.25) is 0 Å². The van der Waals surface area contributed by atoms with E-state index < -0.39 is 5.91 Å². The van der Waals surface area contributed by atoms with E-state index in [4.69, 9.17) is 5.10 Å². The third kappa shape index (κ3) is 4.32. The van der Waals surface area contributed by atoms with Gasteiger partial charge >= 0.3 is 0 Å². The number of anilines is 1. The fourth-order valence-corrected chi connectivity index (χ4v) is 3.43. The molecule has 4 aromatic rings. The second-order valence-electron chi connectivity index (χ2n) is 7.35. The van der Waals surface area contributed by atoms with Crippen LogP contribution in [0.5, 0.6) is 0 Å². The van der Waals surface area contributed by atoms with Crippen LogP contribution in [0, 0.1) is 25.2 Å². The summed E-state index contributed by atoms with van der Waals surface area (Å²) in [5, 5.41) is 17.3. The molecule has 4 rings (SSSR count). The van der Waals surface area contributed by atoms with Crippen LogP contribution in [-0.4, -0.2) is 20.7 Å². The maximum atomic E-state index is 12.9. The van der Waals surface area contributed by atoms with E-state index in [2.05, 4.69) is 10.3 Å². The molecule has 0 atom stereocenters. The van der Waals surface area contributed by atoms with Gasteiger partial charge in [-0.1, -0.05) is 36.4 Å². The lowest BCUT2D eigenvalue weighted by atomic mass is 10.1. The molecule has 1 amide bonds. The van der Waals surface area contributed by atoms with Crippen molar-refractivity contribution >= 4 is 17.7 Å². The summed E-state index contributed by atoms with van der Waals surface area (Å²) in [6, 6.07) is 21.2. The number of nitriles is 1. The Bertz CT molecular complexity index is 1310. The fraction of sp³-hybridized carbons (Fsp3) is 0.0769. The normalized spacial score (nSPS) is 11.1. The zero-order valence-electron chi connectivity index (χ0n) is 17.8. The number of hydrogen-bond acceptors (Lipinski definition) is 4. The summed E-state index contributed by atoms with van der Waals surface area (Å²) >= 11 is 0. The molecule has 2 aromatic heterocycles. The standard InChI is InChI=1S/C26H21N5O/c1-18-8-6-9-19(2)24(18)29-26(32)21(15-27)14-22-17-31(23-11-4-3-5-12-23)30-25(22)20-10-7-13-28-16-20/h3-14,16-17H,1-2H3,(H,29,32). The molecule has 2 aromatic carbocycles. The Morgan fingerprint density at radius 2 is 1.78 bits per heavy atom. The van der Waals surface area contributed by atoms with E-state index in [9.17, 15) is 10.1 Å². The molecule has 6 heteroatoms. The van der Waals surface area contributed by atoms with Crippen molar-refractivity contribution in [2.24, 2.45) is 0 Å². The highest BCUT2D eigenvalue weighted by Gasteiger charge is 2.16. The molecule has 156 valence electrons. The van der Waals surface area contributed by atoms with E-state index in [1.54, 1.807) is 29.3 Å². The first-order chi connectivity index (χ1) is 15.6. The molecule has 6 nitrogen and oxygen atoms in total. The van der Waals surface area contributed by atoms with Crippen LogP contribution in [0.1, 0.15) is 16.7 Å². The SMILES string of the molecule is Cc1cccc(C)c1NC(=O)C(C#N)=Cc1cn(-c2ccccc2)nc1-c1cccnc1. The zero-order valence-corrected chi connectivity index (χ0v) is 17.8. The maximum Gasteiger partial charge on any atom is 0.266 e. The quantitative estimate of drug-likeness (QED) is 0.360. The van der Waals surface area contributed by atoms with Crippen molar-refractivity contribution in [1.82, 2.24) is 14.8 Å². The number of carbonyl (C=O) groups is 1. The smallest absolute Gasteiger partial charge is 0.266 e. The van der Waals surface area contributed by atoms with Crippen LogP contribution < -0.4 is 5.32 Å². The van der Waals surface area contributed by atoms with Crippen LogP contribution in [0.3, 0.4) is 0 Å². The minimum absolute atomic E-state index is 0.00888. The Morgan fingerprint density at radius 1 is 1.03 bits per heavy atom. The van der Waals surface area contributed by atoms with Crippen LogP contribution in [0.15, 0.2) is 84.8 Å². The Labute approximate surface area is 186 Å². The summed E-state index contributed by atoms with van der Waals surface area (Å²) in [5.74, 6) is -0.463. The van der Waals surface area contributed by atoms with Gasteiger partial charge in [0.15, 0.2) is 0 Å². The van der Waals surface area contributed by atoms with Crippen molar-refractivity contribution in [2.75, 3.05) is 5.32 Å². The molecule has 0 bridgehead atoms. The summed E-state index contributed by atoms with van der Waals surface area (Å²) in [6.45, 7) is 3.84. The highest BCUT2D eigenvalue weighted by molar-refractivity contribution is 6.10. The van der Waals surface area contributed by atoms with Crippen LogP contribution in [-0.2, 0) is 4.79 Å². The van der Waals surface area contributed by atoms with Crippen molar-refractivity contribution in [3.8, 4) is 23.0 Å². The van der Waals surface area contributed by atoms with Crippen LogP contribution in [0.25, 0.3) is 23.0 Å². The van der Waals surface area contributed by atoms with E-state index in [1.165, 1.54) is 0 Å². The second-order valence-corrected chi connectivity index (χ2v) is 7.35. The van der Waals surface area contributed by atoms with Gasteiger partial charge in [-0.3, -0.25) is 9.78 Å². The second kappa shape index (κ2) is 9.11. The van der Waals surface area contributed by atoms with Crippen LogP contribution in [0.2, 0.25) is 0 Å². The van der Waals surface area contributed by atoms with Crippen molar-refractivity contribution in [1.29, 1.82) is 5.26 Å². The van der Waals surface area contributed by atoms with E-state index in [0.717, 1.165) is 22.4 Å². The van der Waals surface area contributed by atoms with Crippen LogP contribution in [0.4, 0.5) is 5.69 Å². The number of carbonyl (C=O) groups excluding carboxylic acids is 1. The first-order valence-electron chi connectivity index (χ1n) is 10.1. The van der Waals surface area contributed by atoms with Crippen molar-refractivity contribution in [2.45, 2.75) is 13.8 Å². The predicted octanol–water partition coefficient (Wildman–Crippen LogP) is 5.10. The van der Waals surface area contributed by atoms with E-state index in [1.807, 2.05) is 80.6 Å². The number of hydrogen-bond donors (Lipinski definition) is 1. The van der Waals surface area contributed by atoms with Gasteiger partial charge in [0, 0.05) is 35.4 Å². The predicted molar refractivity (Wildman–Crippen MR) is 125 cm³/mol. The van der Waals surface area contributed by atoms with E-state index in [0.29, 0.717) is 16.9 Å². The summed E-state index contributed by atoms with van der Waals surface area (Å²) in [5.41, 5.74) is 5.52. The number of aromatic nitrogens is 3. The minimum atomic E-state index is -0.463. The highest BCUT2D eigenvalue weighted by Crippen LogP contribution is 2.26. The van der Waals surface area contributed by atoms with Gasteiger partial charge in [-0.25, -0.2) is 4.68 Å². The number of pyridine rings is 1. The van der Waals surface area contributed by atoms with Gasteiger partial charge in [-0.2, -0.15) is 10.4 Å². The number of nitrogens with zero attached hydrogens (tertiary/aromatic N) is 4. The van der Waals surface area contributed by atoms with Crippen molar-refractivity contribution in [3.05, 3.63) is 102 Å². The summed E-state index contributed by atoms with van der Waals surface area (Å²) in [6.07, 6.45) is 6.77. The average molecular weight is 419 g/mol. The molecule has 0 spiro atoms. The van der Waals surface area contributed by atoms with Crippen LogP contribution >= 0.6 is 0 Å². The monoisotopic (exact) mass is 419 g/mol. The lowest BCUT2D eigenvalue weighted by molar-refractivity contribution is -0.112. The number of nitrogens with one attached hydrogen (secondary N) is 1. The Morgan fingerprint density at radius 3 is 2.44 bits per heavy atom. The topological polar surface area (TPSA) is 83.6 Å². The van der Waals surface area contributed by atoms with Gasteiger partial charge in [0.05, 0.1) is 5.69 Å². The number of amides is 1. The molecule has 2 heterocycles. The number of rotatable bonds is 5. The summed E-state index contributed by atoms with van der Waals surface area (Å²) in [4.78, 5) is 17.1. The molecule has 0 aliphatic heterocycles. The Kier molecular flexibility index (Phi) is 5.91. The molecule has 0 unspecified atom stereocenters. The lowest BCUT2D eigenvalue weighted by Crippen LogP contribution is -2.15. The van der Waals surface area contributed by atoms with Crippen molar-refractivity contribution in [3.63, 3.8) is 0 Å². The van der Waals surface area contributed by atoms with Gasteiger partial charge in [0.25, 0.3) is 5.91 Å². The first kappa shape index (κ1) is 20.8. The largest absolute Gasteiger partial charge is 0.321 e. The molecule has 0 saturated carbocycles. The number of benzene rings is 2. The Balaban J connectivity index is 1.76. The molecule has 0 fully saturated rings. The van der Waals surface area contributed by atoms with Gasteiger partial charge < -0.3 is 5.32 Å². The molecule has 0 saturated heterocycles. The van der Waals surface area contributed by atoms with Gasteiger partial charge in [-0.05, 0) is 55.3 Å². The molecule has 0 radical (unpaired) electrons. The average Bonchev–Trinajstić information content (AvgIpc) is 3.25. The molecule has 0 aliphatic carbocycles. The fourth-order valence-electron chi connectivity index (χ4n) is 3.43. The number of para-hydroxylation sites is 2. The highest BCUT2D eigenvalue weighted by atomic mass is 16.1.